The van der Waals surface area contributed by atoms with Crippen molar-refractivity contribution in [3.8, 4) is 0 Å². The number of nitrogens with zero attached hydrogens (tertiary/aromatic N) is 2. The largest absolute Gasteiger partial charge is 0.372 e. The van der Waals surface area contributed by atoms with Gasteiger partial charge in [-0.05, 0) is 68.3 Å². The zero-order chi connectivity index (χ0) is 19.6. The summed E-state index contributed by atoms with van der Waals surface area (Å²) in [6.07, 6.45) is 1.81. The Bertz CT molecular complexity index is 935. The second-order valence-corrected chi connectivity index (χ2v) is 8.51. The smallest absolute Gasteiger partial charge is 0.255 e. The fourth-order valence-electron chi connectivity index (χ4n) is 3.40. The molecule has 0 saturated carbocycles. The van der Waals surface area contributed by atoms with Gasteiger partial charge in [0.25, 0.3) is 5.91 Å². The number of carbonyl (C=O) groups is 1. The van der Waals surface area contributed by atoms with Gasteiger partial charge in [-0.3, -0.25) is 9.10 Å². The molecule has 3 rings (SSSR count). The van der Waals surface area contributed by atoms with Crippen LogP contribution in [0.25, 0.3) is 0 Å². The lowest BCUT2D eigenvalue weighted by Crippen LogP contribution is -2.27. The zero-order valence-corrected chi connectivity index (χ0v) is 16.7. The molecule has 0 unspecified atom stereocenters. The molecule has 0 fully saturated rings. The SMILES string of the molecule is CCN(CC)c1ccc(NC(=O)c2ccc3c(c2)CCN3S(C)(=O)=O)cc1. The minimum absolute atomic E-state index is 0.203. The Labute approximate surface area is 160 Å². The molecule has 1 N–H and O–H groups in total. The Balaban J connectivity index is 1.74. The van der Waals surface area contributed by atoms with Crippen molar-refractivity contribution in [2.45, 2.75) is 20.3 Å². The van der Waals surface area contributed by atoms with Crippen LogP contribution < -0.4 is 14.5 Å². The quantitative estimate of drug-likeness (QED) is 0.827. The first-order chi connectivity index (χ1) is 12.8. The number of nitrogens with one attached hydrogen (secondary N) is 1. The van der Waals surface area contributed by atoms with Crippen molar-refractivity contribution in [3.63, 3.8) is 0 Å². The van der Waals surface area contributed by atoms with Crippen LogP contribution in [0, 0.1) is 0 Å². The van der Waals surface area contributed by atoms with Gasteiger partial charge in [0.1, 0.15) is 0 Å². The van der Waals surface area contributed by atoms with Crippen molar-refractivity contribution in [1.29, 1.82) is 0 Å². The Morgan fingerprint density at radius 3 is 2.37 bits per heavy atom. The fraction of sp³-hybridized carbons (Fsp3) is 0.350. The maximum absolute atomic E-state index is 12.6. The topological polar surface area (TPSA) is 69.7 Å². The number of anilines is 3. The Morgan fingerprint density at radius 2 is 1.78 bits per heavy atom. The summed E-state index contributed by atoms with van der Waals surface area (Å²) in [5.74, 6) is -0.203. The van der Waals surface area contributed by atoms with Crippen LogP contribution in [0.5, 0.6) is 0 Å². The summed E-state index contributed by atoms with van der Waals surface area (Å²) in [6, 6.07) is 12.9. The molecular formula is C20H25N3O3S. The zero-order valence-electron chi connectivity index (χ0n) is 15.9. The van der Waals surface area contributed by atoms with Crippen LogP contribution in [-0.2, 0) is 16.4 Å². The highest BCUT2D eigenvalue weighted by Crippen LogP contribution is 2.31. The number of rotatable bonds is 6. The monoisotopic (exact) mass is 387 g/mol. The van der Waals surface area contributed by atoms with E-state index in [1.54, 1.807) is 18.2 Å². The molecule has 0 bridgehead atoms. The molecule has 27 heavy (non-hydrogen) atoms. The van der Waals surface area contributed by atoms with Crippen molar-refractivity contribution in [1.82, 2.24) is 0 Å². The summed E-state index contributed by atoms with van der Waals surface area (Å²) in [5.41, 5.74) is 3.92. The second-order valence-electron chi connectivity index (χ2n) is 6.60. The maximum Gasteiger partial charge on any atom is 0.255 e. The highest BCUT2D eigenvalue weighted by atomic mass is 32.2. The molecule has 1 heterocycles. The molecule has 6 nitrogen and oxygen atoms in total. The van der Waals surface area contributed by atoms with Gasteiger partial charge in [0.15, 0.2) is 0 Å². The van der Waals surface area contributed by atoms with E-state index < -0.39 is 10.0 Å². The van der Waals surface area contributed by atoms with E-state index in [1.807, 2.05) is 24.3 Å². The number of hydrogen-bond donors (Lipinski definition) is 1. The van der Waals surface area contributed by atoms with Crippen LogP contribution in [-0.4, -0.2) is 40.2 Å². The van der Waals surface area contributed by atoms with Crippen molar-refractivity contribution < 1.29 is 13.2 Å². The highest BCUT2D eigenvalue weighted by Gasteiger charge is 2.26. The number of sulfonamides is 1. The van der Waals surface area contributed by atoms with E-state index in [9.17, 15) is 13.2 Å². The summed E-state index contributed by atoms with van der Waals surface area (Å²) >= 11 is 0. The van der Waals surface area contributed by atoms with E-state index in [0.717, 1.165) is 30.0 Å². The Kier molecular flexibility index (Phi) is 5.41. The van der Waals surface area contributed by atoms with Gasteiger partial charge >= 0.3 is 0 Å². The second kappa shape index (κ2) is 7.60. The number of hydrogen-bond acceptors (Lipinski definition) is 4. The summed E-state index contributed by atoms with van der Waals surface area (Å²) in [4.78, 5) is 14.8. The van der Waals surface area contributed by atoms with Crippen LogP contribution >= 0.6 is 0 Å². The average molecular weight is 388 g/mol. The molecule has 1 aliphatic rings. The highest BCUT2D eigenvalue weighted by molar-refractivity contribution is 7.92. The third-order valence-electron chi connectivity index (χ3n) is 4.85. The molecule has 0 radical (unpaired) electrons. The van der Waals surface area contributed by atoms with Gasteiger partial charge in [-0.1, -0.05) is 0 Å². The van der Waals surface area contributed by atoms with Gasteiger partial charge in [0, 0.05) is 36.6 Å². The van der Waals surface area contributed by atoms with Gasteiger partial charge in [-0.15, -0.1) is 0 Å². The molecule has 2 aromatic rings. The van der Waals surface area contributed by atoms with Gasteiger partial charge in [-0.2, -0.15) is 0 Å². The first-order valence-corrected chi connectivity index (χ1v) is 10.9. The minimum Gasteiger partial charge on any atom is -0.372 e. The molecule has 0 spiro atoms. The fourth-order valence-corrected chi connectivity index (χ4v) is 4.36. The van der Waals surface area contributed by atoms with E-state index in [2.05, 4.69) is 24.1 Å². The predicted molar refractivity (Wildman–Crippen MR) is 110 cm³/mol. The molecule has 1 aliphatic heterocycles. The summed E-state index contributed by atoms with van der Waals surface area (Å²) in [5, 5.41) is 2.90. The van der Waals surface area contributed by atoms with Gasteiger partial charge in [-0.25, -0.2) is 8.42 Å². The minimum atomic E-state index is -3.28. The predicted octanol–water partition coefficient (Wildman–Crippen LogP) is 3.11. The number of amides is 1. The molecule has 1 amide bonds. The molecule has 0 aliphatic carbocycles. The third kappa shape index (κ3) is 4.08. The van der Waals surface area contributed by atoms with E-state index in [4.69, 9.17) is 0 Å². The maximum atomic E-state index is 12.6. The third-order valence-corrected chi connectivity index (χ3v) is 6.03. The Morgan fingerprint density at radius 1 is 1.11 bits per heavy atom. The Hall–Kier alpha value is -2.54. The van der Waals surface area contributed by atoms with Crippen LogP contribution in [0.1, 0.15) is 29.8 Å². The molecule has 0 aromatic heterocycles. The lowest BCUT2D eigenvalue weighted by molar-refractivity contribution is 0.102. The van der Waals surface area contributed by atoms with Crippen molar-refractivity contribution >= 4 is 33.0 Å². The van der Waals surface area contributed by atoms with Crippen molar-refractivity contribution in [3.05, 3.63) is 53.6 Å². The number of fused-ring (bicyclic) bond motifs is 1. The van der Waals surface area contributed by atoms with E-state index in [0.29, 0.717) is 24.2 Å². The summed E-state index contributed by atoms with van der Waals surface area (Å²) in [6.45, 7) is 6.51. The van der Waals surface area contributed by atoms with Crippen LogP contribution in [0.15, 0.2) is 42.5 Å². The average Bonchev–Trinajstić information content (AvgIpc) is 3.07. The molecule has 0 atom stereocenters. The lowest BCUT2D eigenvalue weighted by atomic mass is 10.1. The molecular weight excluding hydrogens is 362 g/mol. The molecule has 2 aromatic carbocycles. The number of benzene rings is 2. The number of carbonyl (C=O) groups excluding carboxylic acids is 1. The van der Waals surface area contributed by atoms with E-state index in [-0.39, 0.29) is 5.91 Å². The first kappa shape index (κ1) is 19.2. The van der Waals surface area contributed by atoms with Gasteiger partial charge in [0.05, 0.1) is 11.9 Å². The van der Waals surface area contributed by atoms with Crippen LogP contribution in [0.2, 0.25) is 0 Å². The first-order valence-electron chi connectivity index (χ1n) is 9.10. The molecule has 7 heteroatoms. The summed E-state index contributed by atoms with van der Waals surface area (Å²) < 4.78 is 25.0. The lowest BCUT2D eigenvalue weighted by Gasteiger charge is -2.21. The summed E-state index contributed by atoms with van der Waals surface area (Å²) in [7, 11) is -3.28. The van der Waals surface area contributed by atoms with Crippen LogP contribution in [0.4, 0.5) is 17.1 Å². The van der Waals surface area contributed by atoms with Gasteiger partial charge in [0.2, 0.25) is 10.0 Å². The van der Waals surface area contributed by atoms with Gasteiger partial charge < -0.3 is 10.2 Å². The standard InChI is InChI=1S/C20H25N3O3S/c1-4-22(5-2)18-9-7-17(8-10-18)21-20(24)16-6-11-19-15(14-16)12-13-23(19)27(3,25)26/h6-11,14H,4-5,12-13H2,1-3H3,(H,21,24). The van der Waals surface area contributed by atoms with Crippen molar-refractivity contribution in [2.24, 2.45) is 0 Å². The molecule has 0 saturated heterocycles. The van der Waals surface area contributed by atoms with E-state index in [1.165, 1.54) is 10.6 Å². The molecule has 144 valence electrons. The van der Waals surface area contributed by atoms with E-state index >= 15 is 0 Å². The van der Waals surface area contributed by atoms with Crippen molar-refractivity contribution in [2.75, 3.05) is 40.4 Å². The normalized spacial score (nSPS) is 13.4. The van der Waals surface area contributed by atoms with Crippen LogP contribution in [0.3, 0.4) is 0 Å².